The summed E-state index contributed by atoms with van der Waals surface area (Å²) in [7, 11) is -2.86. The Hall–Kier alpha value is -0.190. The molecular weight excluding hydrogens is 207 g/mol. The van der Waals surface area contributed by atoms with Crippen molar-refractivity contribution in [3.05, 3.63) is 11.6 Å². The van der Waals surface area contributed by atoms with E-state index in [0.717, 1.165) is 0 Å². The topological polar surface area (TPSA) is 76.0 Å². The Morgan fingerprint density at radius 2 is 1.79 bits per heavy atom. The van der Waals surface area contributed by atoms with E-state index in [4.69, 9.17) is 9.79 Å². The SMILES string of the molecule is CC=C(C)C.COCCOP(=O)(O)O. The van der Waals surface area contributed by atoms with Crippen LogP contribution in [-0.4, -0.2) is 30.1 Å². The van der Waals surface area contributed by atoms with Crippen LogP contribution in [0.3, 0.4) is 0 Å². The molecule has 6 heteroatoms. The molecule has 0 rings (SSSR count). The van der Waals surface area contributed by atoms with Crippen LogP contribution in [0.15, 0.2) is 11.6 Å². The number of allylic oxidation sites excluding steroid dienone is 2. The van der Waals surface area contributed by atoms with Gasteiger partial charge in [-0.15, -0.1) is 0 Å². The van der Waals surface area contributed by atoms with Gasteiger partial charge >= 0.3 is 7.82 Å². The zero-order valence-corrected chi connectivity index (χ0v) is 9.95. The van der Waals surface area contributed by atoms with E-state index in [0.29, 0.717) is 0 Å². The molecule has 0 aliphatic carbocycles. The average Bonchev–Trinajstić information content (AvgIpc) is 2.04. The molecule has 0 aliphatic heterocycles. The van der Waals surface area contributed by atoms with Crippen LogP contribution in [0.1, 0.15) is 20.8 Å². The van der Waals surface area contributed by atoms with Gasteiger partial charge in [-0.05, 0) is 20.8 Å². The van der Waals surface area contributed by atoms with E-state index in [1.54, 1.807) is 0 Å². The number of hydrogen-bond donors (Lipinski definition) is 2. The Morgan fingerprint density at radius 1 is 1.36 bits per heavy atom. The summed E-state index contributed by atoms with van der Waals surface area (Å²) in [5.41, 5.74) is 1.38. The molecule has 0 aromatic rings. The summed E-state index contributed by atoms with van der Waals surface area (Å²) in [4.78, 5) is 16.2. The Labute approximate surface area is 85.0 Å². The third kappa shape index (κ3) is 22.6. The molecule has 0 aromatic heterocycles. The van der Waals surface area contributed by atoms with Crippen LogP contribution in [0.25, 0.3) is 0 Å². The summed E-state index contributed by atoms with van der Waals surface area (Å²) in [6.07, 6.45) is 2.08. The third-order valence-corrected chi connectivity index (χ3v) is 1.64. The lowest BCUT2D eigenvalue weighted by molar-refractivity contribution is 0.120. The summed E-state index contributed by atoms with van der Waals surface area (Å²) in [5, 5.41) is 0. The van der Waals surface area contributed by atoms with Gasteiger partial charge in [0.1, 0.15) is 0 Å². The number of phosphoric acid groups is 1. The van der Waals surface area contributed by atoms with Crippen molar-refractivity contribution in [2.24, 2.45) is 0 Å². The molecule has 0 saturated heterocycles. The van der Waals surface area contributed by atoms with Crippen LogP contribution in [0.4, 0.5) is 0 Å². The largest absolute Gasteiger partial charge is 0.469 e. The molecule has 0 heterocycles. The molecule has 0 radical (unpaired) electrons. The minimum Gasteiger partial charge on any atom is -0.382 e. The van der Waals surface area contributed by atoms with Crippen LogP contribution in [0, 0.1) is 0 Å². The molecule has 0 unspecified atom stereocenters. The van der Waals surface area contributed by atoms with Crippen molar-refractivity contribution in [3.63, 3.8) is 0 Å². The van der Waals surface area contributed by atoms with Gasteiger partial charge in [-0.25, -0.2) is 4.57 Å². The fourth-order valence-corrected chi connectivity index (χ4v) is 0.552. The maximum Gasteiger partial charge on any atom is 0.469 e. The minimum absolute atomic E-state index is 0.0826. The maximum atomic E-state index is 9.92. The van der Waals surface area contributed by atoms with Gasteiger partial charge < -0.3 is 14.5 Å². The zero-order valence-electron chi connectivity index (χ0n) is 9.06. The summed E-state index contributed by atoms with van der Waals surface area (Å²) >= 11 is 0. The second kappa shape index (κ2) is 9.37. The zero-order chi connectivity index (χ0) is 11.6. The molecule has 5 nitrogen and oxygen atoms in total. The van der Waals surface area contributed by atoms with Gasteiger partial charge in [-0.3, -0.25) is 4.52 Å². The fourth-order valence-electron chi connectivity index (χ4n) is 0.240. The van der Waals surface area contributed by atoms with Crippen LogP contribution >= 0.6 is 7.82 Å². The summed E-state index contributed by atoms with van der Waals surface area (Å²) < 4.78 is 18.4. The van der Waals surface area contributed by atoms with Crippen molar-refractivity contribution < 1.29 is 23.6 Å². The van der Waals surface area contributed by atoms with Crippen molar-refractivity contribution in [2.75, 3.05) is 20.3 Å². The molecular formula is C8H19O5P. The summed E-state index contributed by atoms with van der Waals surface area (Å²) in [6.45, 7) is 6.31. The number of phosphoric ester groups is 1. The van der Waals surface area contributed by atoms with Crippen molar-refractivity contribution >= 4 is 7.82 Å². The average molecular weight is 226 g/mol. The van der Waals surface area contributed by atoms with E-state index >= 15 is 0 Å². The second-order valence-corrected chi connectivity index (χ2v) is 3.92. The predicted molar refractivity (Wildman–Crippen MR) is 55.0 cm³/mol. The number of hydrogen-bond acceptors (Lipinski definition) is 3. The minimum atomic E-state index is -4.28. The quantitative estimate of drug-likeness (QED) is 0.433. The number of ether oxygens (including phenoxy) is 1. The molecule has 0 bridgehead atoms. The lowest BCUT2D eigenvalue weighted by atomic mass is 10.3. The molecule has 2 N–H and O–H groups in total. The van der Waals surface area contributed by atoms with E-state index in [1.165, 1.54) is 12.7 Å². The summed E-state index contributed by atoms with van der Waals surface area (Å²) in [6, 6.07) is 0. The molecule has 0 amide bonds. The Bertz CT molecular complexity index is 192. The van der Waals surface area contributed by atoms with Crippen molar-refractivity contribution in [3.8, 4) is 0 Å². The smallest absolute Gasteiger partial charge is 0.382 e. The van der Waals surface area contributed by atoms with E-state index in [2.05, 4.69) is 29.2 Å². The van der Waals surface area contributed by atoms with Gasteiger partial charge in [0.15, 0.2) is 0 Å². The molecule has 0 saturated carbocycles. The van der Waals surface area contributed by atoms with Crippen LogP contribution in [0.5, 0.6) is 0 Å². The van der Waals surface area contributed by atoms with Crippen molar-refractivity contribution in [2.45, 2.75) is 20.8 Å². The van der Waals surface area contributed by atoms with Gasteiger partial charge in [-0.1, -0.05) is 11.6 Å². The van der Waals surface area contributed by atoms with Crippen molar-refractivity contribution in [1.82, 2.24) is 0 Å². The predicted octanol–water partition coefficient (Wildman–Crippen LogP) is 1.71. The Kier molecular flexibility index (Phi) is 10.9. The van der Waals surface area contributed by atoms with Gasteiger partial charge in [0.2, 0.25) is 0 Å². The first-order valence-electron chi connectivity index (χ1n) is 4.12. The first-order valence-corrected chi connectivity index (χ1v) is 5.65. The normalized spacial score (nSPS) is 10.1. The van der Waals surface area contributed by atoms with Crippen LogP contribution < -0.4 is 0 Å². The highest BCUT2D eigenvalue weighted by Crippen LogP contribution is 2.35. The third-order valence-electron chi connectivity index (χ3n) is 1.12. The van der Waals surface area contributed by atoms with E-state index in [1.807, 2.05) is 6.92 Å². The van der Waals surface area contributed by atoms with Crippen LogP contribution in [-0.2, 0) is 13.8 Å². The monoisotopic (exact) mass is 226 g/mol. The molecule has 0 spiro atoms. The lowest BCUT2D eigenvalue weighted by Crippen LogP contribution is -1.99. The number of methoxy groups -OCH3 is 1. The van der Waals surface area contributed by atoms with E-state index < -0.39 is 7.82 Å². The number of rotatable bonds is 4. The maximum absolute atomic E-state index is 9.92. The van der Waals surface area contributed by atoms with E-state index in [-0.39, 0.29) is 13.2 Å². The first kappa shape index (κ1) is 16.2. The van der Waals surface area contributed by atoms with Gasteiger partial charge in [0.05, 0.1) is 13.2 Å². The highest BCUT2D eigenvalue weighted by molar-refractivity contribution is 7.46. The molecule has 0 aliphatic rings. The van der Waals surface area contributed by atoms with Gasteiger partial charge in [0.25, 0.3) is 0 Å². The van der Waals surface area contributed by atoms with Gasteiger partial charge in [-0.2, -0.15) is 0 Å². The highest BCUT2D eigenvalue weighted by atomic mass is 31.2. The molecule has 14 heavy (non-hydrogen) atoms. The molecule has 0 aromatic carbocycles. The molecule has 0 atom stereocenters. The standard InChI is InChI=1S/C5H10.C3H9O5P/c1-4-5(2)3;1-7-2-3-8-9(4,5)6/h4H,1-3H3;2-3H2,1H3,(H2,4,5,6). The molecule has 86 valence electrons. The summed E-state index contributed by atoms with van der Waals surface area (Å²) in [5.74, 6) is 0. The highest BCUT2D eigenvalue weighted by Gasteiger charge is 2.11. The van der Waals surface area contributed by atoms with Crippen LogP contribution in [0.2, 0.25) is 0 Å². The second-order valence-electron chi connectivity index (χ2n) is 2.68. The molecule has 0 fully saturated rings. The lowest BCUT2D eigenvalue weighted by Gasteiger charge is -2.02. The fraction of sp³-hybridized carbons (Fsp3) is 0.750. The Morgan fingerprint density at radius 3 is 2.00 bits per heavy atom. The Balaban J connectivity index is 0. The first-order chi connectivity index (χ1) is 6.33. The van der Waals surface area contributed by atoms with E-state index in [9.17, 15) is 4.57 Å². The van der Waals surface area contributed by atoms with Gasteiger partial charge in [0, 0.05) is 7.11 Å². The van der Waals surface area contributed by atoms with Crippen molar-refractivity contribution in [1.29, 1.82) is 0 Å².